The molecular weight excluding hydrogens is 203 g/mol. The Kier molecular flexibility index (Phi) is 2.86. The van der Waals surface area contributed by atoms with Gasteiger partial charge in [0.1, 0.15) is 5.82 Å². The molecular formula is C13H13FN2. The minimum Gasteiger partial charge on any atom is -0.388 e. The van der Waals surface area contributed by atoms with Crippen molar-refractivity contribution in [1.29, 1.82) is 0 Å². The van der Waals surface area contributed by atoms with E-state index in [1.165, 1.54) is 12.1 Å². The number of nitrogens with zero attached hydrogens (tertiary/aromatic N) is 1. The maximum absolute atomic E-state index is 13.0. The molecule has 1 aromatic carbocycles. The molecule has 0 amide bonds. The highest BCUT2D eigenvalue weighted by Crippen LogP contribution is 2.23. The molecule has 0 saturated carbocycles. The number of aryl methyl sites for hydroxylation is 1. The van der Waals surface area contributed by atoms with E-state index in [-0.39, 0.29) is 5.82 Å². The van der Waals surface area contributed by atoms with Crippen LogP contribution in [-0.4, -0.2) is 12.0 Å². The Labute approximate surface area is 94.2 Å². The van der Waals surface area contributed by atoms with Gasteiger partial charge in [-0.25, -0.2) is 4.39 Å². The number of hydrogen-bond donors (Lipinski definition) is 1. The molecule has 0 aliphatic rings. The summed E-state index contributed by atoms with van der Waals surface area (Å²) in [5.74, 6) is -0.217. The van der Waals surface area contributed by atoms with E-state index >= 15 is 0 Å². The number of rotatable bonds is 2. The van der Waals surface area contributed by atoms with Crippen LogP contribution >= 0.6 is 0 Å². The second-order valence-electron chi connectivity index (χ2n) is 3.64. The molecule has 2 aromatic rings. The zero-order chi connectivity index (χ0) is 11.5. The summed E-state index contributed by atoms with van der Waals surface area (Å²) < 4.78 is 13.0. The van der Waals surface area contributed by atoms with Crippen molar-refractivity contribution in [3.63, 3.8) is 0 Å². The largest absolute Gasteiger partial charge is 0.388 e. The van der Waals surface area contributed by atoms with Crippen LogP contribution in [0.4, 0.5) is 10.1 Å². The summed E-state index contributed by atoms with van der Waals surface area (Å²) in [5, 5.41) is 3.05. The Morgan fingerprint density at radius 1 is 1.19 bits per heavy atom. The maximum atomic E-state index is 13.0. The first-order valence-electron chi connectivity index (χ1n) is 5.11. The van der Waals surface area contributed by atoms with Crippen LogP contribution < -0.4 is 5.32 Å². The van der Waals surface area contributed by atoms with Crippen LogP contribution in [0, 0.1) is 12.7 Å². The van der Waals surface area contributed by atoms with Crippen LogP contribution in [0.1, 0.15) is 5.56 Å². The number of halogens is 1. The van der Waals surface area contributed by atoms with Gasteiger partial charge in [0.05, 0.1) is 5.69 Å². The van der Waals surface area contributed by atoms with Gasteiger partial charge in [-0.05, 0) is 42.8 Å². The summed E-state index contributed by atoms with van der Waals surface area (Å²) in [4.78, 5) is 4.29. The van der Waals surface area contributed by atoms with Crippen molar-refractivity contribution in [3.05, 3.63) is 47.9 Å². The lowest BCUT2D eigenvalue weighted by Gasteiger charge is -2.07. The first-order chi connectivity index (χ1) is 7.70. The molecule has 1 heterocycles. The highest BCUT2D eigenvalue weighted by atomic mass is 19.1. The summed E-state index contributed by atoms with van der Waals surface area (Å²) in [6.45, 7) is 1.88. The third-order valence-electron chi connectivity index (χ3n) is 2.51. The number of hydrogen-bond acceptors (Lipinski definition) is 2. The highest BCUT2D eigenvalue weighted by molar-refractivity contribution is 5.66. The molecule has 3 heteroatoms. The number of anilines is 1. The van der Waals surface area contributed by atoms with Crippen molar-refractivity contribution in [2.24, 2.45) is 0 Å². The van der Waals surface area contributed by atoms with E-state index in [0.29, 0.717) is 0 Å². The van der Waals surface area contributed by atoms with E-state index in [1.54, 1.807) is 12.3 Å². The van der Waals surface area contributed by atoms with Crippen molar-refractivity contribution in [1.82, 2.24) is 4.98 Å². The summed E-state index contributed by atoms with van der Waals surface area (Å²) in [6, 6.07) is 8.56. The Bertz CT molecular complexity index is 509. The SMILES string of the molecule is CNc1ccnc(-c2ccc(F)cc2C)c1. The number of pyridine rings is 1. The van der Waals surface area contributed by atoms with Gasteiger partial charge in [-0.2, -0.15) is 0 Å². The van der Waals surface area contributed by atoms with Gasteiger partial charge in [0.15, 0.2) is 0 Å². The molecule has 0 atom stereocenters. The normalized spacial score (nSPS) is 10.2. The van der Waals surface area contributed by atoms with Crippen molar-refractivity contribution in [3.8, 4) is 11.3 Å². The number of aromatic nitrogens is 1. The number of benzene rings is 1. The van der Waals surface area contributed by atoms with Crippen LogP contribution in [-0.2, 0) is 0 Å². The summed E-state index contributed by atoms with van der Waals surface area (Å²) in [6.07, 6.45) is 1.74. The molecule has 0 unspecified atom stereocenters. The molecule has 0 saturated heterocycles. The number of nitrogens with one attached hydrogen (secondary N) is 1. The summed E-state index contributed by atoms with van der Waals surface area (Å²) in [7, 11) is 1.86. The smallest absolute Gasteiger partial charge is 0.123 e. The molecule has 1 aromatic heterocycles. The molecule has 0 aliphatic carbocycles. The van der Waals surface area contributed by atoms with Gasteiger partial charge in [0, 0.05) is 24.5 Å². The van der Waals surface area contributed by atoms with Gasteiger partial charge in [0.25, 0.3) is 0 Å². The van der Waals surface area contributed by atoms with Crippen LogP contribution in [0.25, 0.3) is 11.3 Å². The maximum Gasteiger partial charge on any atom is 0.123 e. The summed E-state index contributed by atoms with van der Waals surface area (Å²) in [5.41, 5.74) is 3.69. The zero-order valence-corrected chi connectivity index (χ0v) is 9.29. The van der Waals surface area contributed by atoms with E-state index in [1.807, 2.05) is 26.1 Å². The average molecular weight is 216 g/mol. The van der Waals surface area contributed by atoms with Crippen molar-refractivity contribution in [2.75, 3.05) is 12.4 Å². The van der Waals surface area contributed by atoms with Crippen LogP contribution in [0.3, 0.4) is 0 Å². The highest BCUT2D eigenvalue weighted by Gasteiger charge is 2.04. The van der Waals surface area contributed by atoms with E-state index < -0.39 is 0 Å². The standard InChI is InChI=1S/C13H13FN2/c1-9-7-10(14)3-4-12(9)13-8-11(15-2)5-6-16-13/h3-8H,1-2H3,(H,15,16). The van der Waals surface area contributed by atoms with Gasteiger partial charge in [-0.1, -0.05) is 0 Å². The fourth-order valence-corrected chi connectivity index (χ4v) is 1.65. The Morgan fingerprint density at radius 2 is 2.00 bits per heavy atom. The molecule has 0 spiro atoms. The van der Waals surface area contributed by atoms with Gasteiger partial charge in [-0.3, -0.25) is 4.98 Å². The van der Waals surface area contributed by atoms with Crippen LogP contribution in [0.5, 0.6) is 0 Å². The minimum absolute atomic E-state index is 0.217. The Hall–Kier alpha value is -1.90. The van der Waals surface area contributed by atoms with Gasteiger partial charge >= 0.3 is 0 Å². The van der Waals surface area contributed by atoms with Crippen molar-refractivity contribution >= 4 is 5.69 Å². The lowest BCUT2D eigenvalue weighted by Crippen LogP contribution is -1.92. The summed E-state index contributed by atoms with van der Waals surface area (Å²) >= 11 is 0. The van der Waals surface area contributed by atoms with Crippen LogP contribution in [0.2, 0.25) is 0 Å². The predicted octanol–water partition coefficient (Wildman–Crippen LogP) is 3.24. The van der Waals surface area contributed by atoms with Crippen molar-refractivity contribution < 1.29 is 4.39 Å². The monoisotopic (exact) mass is 216 g/mol. The molecule has 16 heavy (non-hydrogen) atoms. The molecule has 0 aliphatic heterocycles. The van der Waals surface area contributed by atoms with E-state index in [2.05, 4.69) is 10.3 Å². The zero-order valence-electron chi connectivity index (χ0n) is 9.29. The van der Waals surface area contributed by atoms with Crippen molar-refractivity contribution in [2.45, 2.75) is 6.92 Å². The fourth-order valence-electron chi connectivity index (χ4n) is 1.65. The molecule has 2 nitrogen and oxygen atoms in total. The second kappa shape index (κ2) is 4.31. The molecule has 0 bridgehead atoms. The molecule has 0 fully saturated rings. The van der Waals surface area contributed by atoms with E-state index in [0.717, 1.165) is 22.5 Å². The average Bonchev–Trinajstić information content (AvgIpc) is 2.29. The Balaban J connectivity index is 2.49. The molecule has 82 valence electrons. The molecule has 0 radical (unpaired) electrons. The minimum atomic E-state index is -0.217. The third-order valence-corrected chi connectivity index (χ3v) is 2.51. The van der Waals surface area contributed by atoms with Gasteiger partial charge in [0.2, 0.25) is 0 Å². The van der Waals surface area contributed by atoms with E-state index in [4.69, 9.17) is 0 Å². The topological polar surface area (TPSA) is 24.9 Å². The third kappa shape index (κ3) is 2.03. The molecule has 2 rings (SSSR count). The van der Waals surface area contributed by atoms with Gasteiger partial charge < -0.3 is 5.32 Å². The fraction of sp³-hybridized carbons (Fsp3) is 0.154. The lowest BCUT2D eigenvalue weighted by atomic mass is 10.0. The predicted molar refractivity (Wildman–Crippen MR) is 63.9 cm³/mol. The van der Waals surface area contributed by atoms with Crippen LogP contribution in [0.15, 0.2) is 36.5 Å². The Morgan fingerprint density at radius 3 is 2.69 bits per heavy atom. The first-order valence-corrected chi connectivity index (χ1v) is 5.11. The van der Waals surface area contributed by atoms with E-state index in [9.17, 15) is 4.39 Å². The first kappa shape index (κ1) is 10.6. The lowest BCUT2D eigenvalue weighted by molar-refractivity contribution is 0.627. The quantitative estimate of drug-likeness (QED) is 0.833. The second-order valence-corrected chi connectivity index (χ2v) is 3.64. The van der Waals surface area contributed by atoms with Gasteiger partial charge in [-0.15, -0.1) is 0 Å². The molecule has 1 N–H and O–H groups in total.